The number of Topliss-reactive ketones (excluding diaryl/α,β-unsaturated/α-hetero) is 1. The number of ether oxygens (including phenoxy) is 1. The standard InChI is InChI=1S/C50H72N6O8S2/c1-9-12-14-15-16-17-18-19-20-24-34-66(62,63)41-28-30-43(44(36-41)64-37(4)5)53-49(58)45(52-42-29-27-40(35-38(42)6)55(11-3)33-31-51-65(8,60)61)48(57)47-46(39-25-22-21-23-26-39)56(32-13-10-2)50(59)54(47)7/h21-23,25-30,35-37,51H,9-20,24,31-34H2,1-8H3,(H,53,58). The molecule has 0 saturated heterocycles. The molecule has 1 amide bonds. The van der Waals surface area contributed by atoms with E-state index < -0.39 is 49.1 Å². The third kappa shape index (κ3) is 15.5. The van der Waals surface area contributed by atoms with Crippen LogP contribution in [0.3, 0.4) is 0 Å². The number of ketones is 1. The zero-order valence-corrected chi connectivity index (χ0v) is 42.0. The van der Waals surface area contributed by atoms with E-state index in [1.54, 1.807) is 49.6 Å². The van der Waals surface area contributed by atoms with E-state index >= 15 is 4.79 Å². The lowest BCUT2D eigenvalue weighted by Gasteiger charge is -2.24. The highest BCUT2D eigenvalue weighted by atomic mass is 32.2. The SMILES string of the molecule is CCCCCCCCCCCCS(=O)(=O)c1ccc(NC(=O)C(=Nc2ccc(N(CC)CCNS(C)(=O)=O)cc2C)C(=O)c2c(-c3ccccc3)n(CCCC)c(=O)n2C)c(OC(C)C)c1. The van der Waals surface area contributed by atoms with Gasteiger partial charge in [0.25, 0.3) is 5.91 Å². The van der Waals surface area contributed by atoms with E-state index in [1.807, 2.05) is 43.0 Å². The highest BCUT2D eigenvalue weighted by Crippen LogP contribution is 2.32. The summed E-state index contributed by atoms with van der Waals surface area (Å²) in [5.41, 5.74) is 1.87. The molecule has 1 aromatic heterocycles. The van der Waals surface area contributed by atoms with E-state index in [2.05, 4.69) is 17.0 Å². The van der Waals surface area contributed by atoms with Crippen LogP contribution in [-0.4, -0.2) is 81.1 Å². The van der Waals surface area contributed by atoms with Crippen molar-refractivity contribution >= 4 is 54.3 Å². The first kappa shape index (κ1) is 53.6. The average molecular weight is 949 g/mol. The monoisotopic (exact) mass is 948 g/mol. The van der Waals surface area contributed by atoms with E-state index in [1.165, 1.54) is 61.9 Å². The number of hydrogen-bond acceptors (Lipinski definition) is 10. The van der Waals surface area contributed by atoms with E-state index in [-0.39, 0.29) is 34.3 Å². The van der Waals surface area contributed by atoms with Gasteiger partial charge in [-0.3, -0.25) is 18.7 Å². The molecule has 0 aliphatic heterocycles. The molecule has 16 heteroatoms. The molecule has 66 heavy (non-hydrogen) atoms. The Hall–Kier alpha value is -5.06. The van der Waals surface area contributed by atoms with Gasteiger partial charge in [0.05, 0.1) is 40.1 Å². The Labute approximate surface area is 393 Å². The minimum atomic E-state index is -3.69. The van der Waals surface area contributed by atoms with Crippen LogP contribution in [0, 0.1) is 6.92 Å². The molecule has 0 aliphatic rings. The highest BCUT2D eigenvalue weighted by molar-refractivity contribution is 7.91. The molecule has 0 spiro atoms. The third-order valence-corrected chi connectivity index (χ3v) is 13.9. The number of imidazole rings is 1. The fourth-order valence-electron chi connectivity index (χ4n) is 7.80. The van der Waals surface area contributed by atoms with Crippen molar-refractivity contribution in [3.8, 4) is 17.0 Å². The van der Waals surface area contributed by atoms with Crippen molar-refractivity contribution in [2.45, 2.75) is 136 Å². The summed E-state index contributed by atoms with van der Waals surface area (Å²) >= 11 is 0. The number of aliphatic imine (C=N–C) groups is 1. The van der Waals surface area contributed by atoms with Crippen molar-refractivity contribution < 1.29 is 31.2 Å². The fraction of sp³-hybridized carbons (Fsp3) is 0.520. The molecular formula is C50H72N6O8S2. The molecule has 0 saturated carbocycles. The first-order valence-electron chi connectivity index (χ1n) is 23.6. The molecule has 0 radical (unpaired) electrons. The Balaban J connectivity index is 1.74. The Morgan fingerprint density at radius 1 is 0.818 bits per heavy atom. The molecule has 0 aliphatic carbocycles. The van der Waals surface area contributed by atoms with Crippen LogP contribution < -0.4 is 25.4 Å². The fourth-order valence-corrected chi connectivity index (χ4v) is 9.64. The van der Waals surface area contributed by atoms with Gasteiger partial charge in [0.2, 0.25) is 15.8 Å². The number of hydrogen-bond donors (Lipinski definition) is 2. The second kappa shape index (κ2) is 25.7. The lowest BCUT2D eigenvalue weighted by molar-refractivity contribution is -0.110. The van der Waals surface area contributed by atoms with Crippen molar-refractivity contribution in [1.82, 2.24) is 13.9 Å². The van der Waals surface area contributed by atoms with E-state index in [0.717, 1.165) is 44.0 Å². The maximum Gasteiger partial charge on any atom is 0.328 e. The van der Waals surface area contributed by atoms with Gasteiger partial charge < -0.3 is 15.0 Å². The molecular weight excluding hydrogens is 877 g/mol. The number of likely N-dealkylation sites (N-methyl/N-ethyl adjacent to an activating group) is 1. The zero-order chi connectivity index (χ0) is 48.4. The van der Waals surface area contributed by atoms with Crippen molar-refractivity contribution in [3.63, 3.8) is 0 Å². The zero-order valence-electron chi connectivity index (χ0n) is 40.3. The Bertz CT molecular complexity index is 2550. The number of nitrogens with one attached hydrogen (secondary N) is 2. The first-order valence-corrected chi connectivity index (χ1v) is 27.1. The van der Waals surface area contributed by atoms with Gasteiger partial charge in [0.1, 0.15) is 11.4 Å². The summed E-state index contributed by atoms with van der Waals surface area (Å²) in [4.78, 5) is 50.5. The van der Waals surface area contributed by atoms with Crippen LogP contribution >= 0.6 is 0 Å². The van der Waals surface area contributed by atoms with Gasteiger partial charge in [-0.1, -0.05) is 108 Å². The first-order chi connectivity index (χ1) is 31.4. The molecule has 0 bridgehead atoms. The van der Waals surface area contributed by atoms with Crippen LogP contribution in [0.25, 0.3) is 11.3 Å². The lowest BCUT2D eigenvalue weighted by atomic mass is 10.0. The van der Waals surface area contributed by atoms with Gasteiger partial charge in [0.15, 0.2) is 15.5 Å². The smallest absolute Gasteiger partial charge is 0.328 e. The van der Waals surface area contributed by atoms with Gasteiger partial charge in [-0.25, -0.2) is 31.3 Å². The maximum absolute atomic E-state index is 15.1. The number of unbranched alkanes of at least 4 members (excludes halogenated alkanes) is 10. The highest BCUT2D eigenvalue weighted by Gasteiger charge is 2.32. The number of aryl methyl sites for hydroxylation is 1. The molecule has 362 valence electrons. The number of nitrogens with zero attached hydrogens (tertiary/aromatic N) is 4. The van der Waals surface area contributed by atoms with Gasteiger partial charge >= 0.3 is 5.69 Å². The Morgan fingerprint density at radius 2 is 1.45 bits per heavy atom. The van der Waals surface area contributed by atoms with E-state index in [0.29, 0.717) is 55.0 Å². The van der Waals surface area contributed by atoms with Crippen LogP contribution in [0.1, 0.15) is 128 Å². The van der Waals surface area contributed by atoms with Crippen LogP contribution in [0.5, 0.6) is 5.75 Å². The molecule has 14 nitrogen and oxygen atoms in total. The number of sulfonamides is 1. The van der Waals surface area contributed by atoms with E-state index in [9.17, 15) is 26.4 Å². The quantitative estimate of drug-likeness (QED) is 0.0232. The minimum Gasteiger partial charge on any atom is -0.489 e. The van der Waals surface area contributed by atoms with Gasteiger partial charge in [-0.2, -0.15) is 0 Å². The van der Waals surface area contributed by atoms with Crippen LogP contribution in [0.4, 0.5) is 17.1 Å². The topological polar surface area (TPSA) is 178 Å². The summed E-state index contributed by atoms with van der Waals surface area (Å²) < 4.78 is 62.1. The number of rotatable bonds is 29. The summed E-state index contributed by atoms with van der Waals surface area (Å²) in [7, 11) is -5.57. The molecule has 2 N–H and O–H groups in total. The number of carbonyl (C=O) groups is 2. The molecule has 0 atom stereocenters. The molecule has 0 fully saturated rings. The second-order valence-electron chi connectivity index (χ2n) is 17.2. The van der Waals surface area contributed by atoms with Gasteiger partial charge in [-0.15, -0.1) is 0 Å². The van der Waals surface area contributed by atoms with E-state index in [4.69, 9.17) is 9.73 Å². The van der Waals surface area contributed by atoms with Crippen molar-refractivity contribution in [3.05, 3.63) is 88.5 Å². The number of sulfone groups is 1. The summed E-state index contributed by atoms with van der Waals surface area (Å²) in [5.74, 6) is -1.60. The van der Waals surface area contributed by atoms with Gasteiger partial charge in [-0.05, 0) is 76.4 Å². The summed E-state index contributed by atoms with van der Waals surface area (Å²) in [6.45, 7) is 13.0. The number of amides is 1. The third-order valence-electron chi connectivity index (χ3n) is 11.4. The number of anilines is 2. The van der Waals surface area contributed by atoms with Crippen molar-refractivity contribution in [2.75, 3.05) is 41.9 Å². The predicted molar refractivity (Wildman–Crippen MR) is 268 cm³/mol. The molecule has 4 aromatic rings. The minimum absolute atomic E-state index is 0.0201. The van der Waals surface area contributed by atoms with Crippen LogP contribution in [-0.2, 0) is 38.2 Å². The summed E-state index contributed by atoms with van der Waals surface area (Å²) in [5, 5.41) is 2.81. The predicted octanol–water partition coefficient (Wildman–Crippen LogP) is 9.41. The van der Waals surface area contributed by atoms with Crippen LogP contribution in [0.2, 0.25) is 0 Å². The number of carbonyl (C=O) groups excluding carboxylic acids is 2. The number of benzene rings is 3. The largest absolute Gasteiger partial charge is 0.489 e. The lowest BCUT2D eigenvalue weighted by Crippen LogP contribution is -2.34. The normalized spacial score (nSPS) is 12.2. The number of aromatic nitrogens is 2. The average Bonchev–Trinajstić information content (AvgIpc) is 3.52. The van der Waals surface area contributed by atoms with Gasteiger partial charge in [0, 0.05) is 50.5 Å². The van der Waals surface area contributed by atoms with Crippen molar-refractivity contribution in [2.24, 2.45) is 12.0 Å². The summed E-state index contributed by atoms with van der Waals surface area (Å²) in [6.07, 6.45) is 13.0. The molecule has 4 rings (SSSR count). The van der Waals surface area contributed by atoms with Crippen molar-refractivity contribution in [1.29, 1.82) is 0 Å². The second-order valence-corrected chi connectivity index (χ2v) is 21.1. The Morgan fingerprint density at radius 3 is 2.05 bits per heavy atom. The molecule has 0 unspecified atom stereocenters. The Kier molecular flexibility index (Phi) is 20.9. The maximum atomic E-state index is 15.1. The van der Waals surface area contributed by atoms with Crippen LogP contribution in [0.15, 0.2) is 81.4 Å². The summed E-state index contributed by atoms with van der Waals surface area (Å²) in [6, 6.07) is 18.7. The molecule has 3 aromatic carbocycles. The molecule has 1 heterocycles.